The molecule has 0 atom stereocenters. The largest absolute Gasteiger partial charge is 0.493 e. The van der Waals surface area contributed by atoms with E-state index in [4.69, 9.17) is 9.47 Å². The first-order valence-electron chi connectivity index (χ1n) is 9.00. The van der Waals surface area contributed by atoms with Crippen molar-refractivity contribution in [2.45, 2.75) is 19.5 Å². The maximum atomic E-state index is 13.0. The fourth-order valence-corrected chi connectivity index (χ4v) is 3.09. The Morgan fingerprint density at radius 3 is 2.55 bits per heavy atom. The fraction of sp³-hybridized carbons (Fsp3) is 0.300. The first-order valence-corrected chi connectivity index (χ1v) is 9.00. The number of likely N-dealkylation sites (N-methyl/N-ethyl adjacent to an activating group) is 1. The molecule has 0 unspecified atom stereocenters. The van der Waals surface area contributed by atoms with Gasteiger partial charge in [-0.15, -0.1) is 0 Å². The summed E-state index contributed by atoms with van der Waals surface area (Å²) in [6, 6.07) is 8.63. The minimum absolute atomic E-state index is 0.132. The van der Waals surface area contributed by atoms with E-state index in [0.717, 1.165) is 10.1 Å². The zero-order valence-electron chi connectivity index (χ0n) is 16.5. The smallest absolute Gasteiger partial charge is 0.332 e. The molecule has 0 bridgehead atoms. The van der Waals surface area contributed by atoms with Crippen LogP contribution in [0.15, 0.2) is 46.1 Å². The lowest BCUT2D eigenvalue weighted by molar-refractivity contribution is -0.121. The molecular weight excluding hydrogens is 376 g/mol. The van der Waals surface area contributed by atoms with Gasteiger partial charge < -0.3 is 14.8 Å². The van der Waals surface area contributed by atoms with Gasteiger partial charge in [0.15, 0.2) is 17.0 Å². The van der Waals surface area contributed by atoms with Crippen LogP contribution in [0.2, 0.25) is 0 Å². The quantitative estimate of drug-likeness (QED) is 0.624. The SMILES string of the molecule is CNC(=O)Cn1c(=O)n(CCc2ccc(OC)c(OC)c2)c(=O)c2ncccc21. The predicted molar refractivity (Wildman–Crippen MR) is 108 cm³/mol. The Morgan fingerprint density at radius 1 is 1.10 bits per heavy atom. The highest BCUT2D eigenvalue weighted by molar-refractivity contribution is 5.79. The molecule has 29 heavy (non-hydrogen) atoms. The molecular formula is C20H22N4O5. The van der Waals surface area contributed by atoms with Gasteiger partial charge in [-0.3, -0.25) is 18.7 Å². The van der Waals surface area contributed by atoms with Crippen LogP contribution in [0.4, 0.5) is 0 Å². The predicted octanol–water partition coefficient (Wildman–Crippen LogP) is 0.564. The number of benzene rings is 1. The third kappa shape index (κ3) is 3.98. The van der Waals surface area contributed by atoms with Crippen molar-refractivity contribution >= 4 is 16.9 Å². The van der Waals surface area contributed by atoms with Crippen molar-refractivity contribution in [3.63, 3.8) is 0 Å². The molecule has 2 heterocycles. The van der Waals surface area contributed by atoms with Gasteiger partial charge in [0.05, 0.1) is 19.7 Å². The highest BCUT2D eigenvalue weighted by atomic mass is 16.5. The zero-order valence-corrected chi connectivity index (χ0v) is 16.5. The van der Waals surface area contributed by atoms with E-state index in [0.29, 0.717) is 23.4 Å². The normalized spacial score (nSPS) is 10.7. The molecule has 1 aromatic carbocycles. The molecule has 3 rings (SSSR count). The van der Waals surface area contributed by atoms with E-state index in [-0.39, 0.29) is 24.5 Å². The lowest BCUT2D eigenvalue weighted by atomic mass is 10.1. The van der Waals surface area contributed by atoms with Crippen molar-refractivity contribution in [3.8, 4) is 11.5 Å². The summed E-state index contributed by atoms with van der Waals surface area (Å²) >= 11 is 0. The van der Waals surface area contributed by atoms with Gasteiger partial charge in [-0.2, -0.15) is 0 Å². The molecule has 1 N–H and O–H groups in total. The molecule has 3 aromatic rings. The van der Waals surface area contributed by atoms with Crippen LogP contribution in [0.3, 0.4) is 0 Å². The third-order valence-electron chi connectivity index (χ3n) is 4.64. The minimum atomic E-state index is -0.556. The molecule has 9 heteroatoms. The van der Waals surface area contributed by atoms with Crippen LogP contribution >= 0.6 is 0 Å². The molecule has 9 nitrogen and oxygen atoms in total. The second-order valence-electron chi connectivity index (χ2n) is 6.31. The van der Waals surface area contributed by atoms with Crippen molar-refractivity contribution < 1.29 is 14.3 Å². The molecule has 0 aliphatic heterocycles. The average molecular weight is 398 g/mol. The Balaban J connectivity index is 2.02. The van der Waals surface area contributed by atoms with Crippen LogP contribution in [0.5, 0.6) is 11.5 Å². The van der Waals surface area contributed by atoms with Crippen molar-refractivity contribution in [2.75, 3.05) is 21.3 Å². The lowest BCUT2D eigenvalue weighted by Gasteiger charge is -2.13. The monoisotopic (exact) mass is 398 g/mol. The standard InChI is InChI=1S/C20H22N4O5/c1-21-17(25)12-24-14-5-4-9-22-18(14)19(26)23(20(24)27)10-8-13-6-7-15(28-2)16(11-13)29-3/h4-7,9,11H,8,10,12H2,1-3H3,(H,21,25). The van der Waals surface area contributed by atoms with E-state index in [1.54, 1.807) is 38.5 Å². The first kappa shape index (κ1) is 20.1. The van der Waals surface area contributed by atoms with Crippen LogP contribution in [0.25, 0.3) is 11.0 Å². The number of fused-ring (bicyclic) bond motifs is 1. The summed E-state index contributed by atoms with van der Waals surface area (Å²) in [5.41, 5.74) is 0.295. The fourth-order valence-electron chi connectivity index (χ4n) is 3.09. The van der Waals surface area contributed by atoms with E-state index in [1.807, 2.05) is 6.07 Å². The van der Waals surface area contributed by atoms with Crippen LogP contribution in [0.1, 0.15) is 5.56 Å². The molecule has 0 saturated carbocycles. The second-order valence-corrected chi connectivity index (χ2v) is 6.31. The van der Waals surface area contributed by atoms with Crippen molar-refractivity contribution in [1.29, 1.82) is 0 Å². The Morgan fingerprint density at radius 2 is 1.86 bits per heavy atom. The summed E-state index contributed by atoms with van der Waals surface area (Å²) in [4.78, 5) is 41.8. The molecule has 0 spiro atoms. The third-order valence-corrected chi connectivity index (χ3v) is 4.64. The van der Waals surface area contributed by atoms with Gasteiger partial charge in [0, 0.05) is 19.8 Å². The Labute approximate surface area is 166 Å². The van der Waals surface area contributed by atoms with Crippen LogP contribution < -0.4 is 26.0 Å². The van der Waals surface area contributed by atoms with Gasteiger partial charge in [-0.05, 0) is 36.2 Å². The maximum Gasteiger partial charge on any atom is 0.332 e. The number of ether oxygens (including phenoxy) is 2. The van der Waals surface area contributed by atoms with Gasteiger partial charge in [0.2, 0.25) is 5.91 Å². The van der Waals surface area contributed by atoms with E-state index in [9.17, 15) is 14.4 Å². The number of pyridine rings is 1. The van der Waals surface area contributed by atoms with E-state index in [2.05, 4.69) is 10.3 Å². The van der Waals surface area contributed by atoms with Gasteiger partial charge in [0.25, 0.3) is 5.56 Å². The molecule has 0 aliphatic carbocycles. The van der Waals surface area contributed by atoms with E-state index < -0.39 is 11.2 Å². The maximum absolute atomic E-state index is 13.0. The van der Waals surface area contributed by atoms with Crippen LogP contribution in [-0.4, -0.2) is 41.3 Å². The second kappa shape index (κ2) is 8.59. The van der Waals surface area contributed by atoms with Gasteiger partial charge in [-0.25, -0.2) is 9.78 Å². The Kier molecular flexibility index (Phi) is 5.96. The Bertz CT molecular complexity index is 1170. The molecule has 2 aromatic heterocycles. The number of amides is 1. The number of carbonyl (C=O) groups is 1. The highest BCUT2D eigenvalue weighted by Gasteiger charge is 2.16. The van der Waals surface area contributed by atoms with Gasteiger partial charge in [-0.1, -0.05) is 6.07 Å². The summed E-state index contributed by atoms with van der Waals surface area (Å²) in [5.74, 6) is 0.813. The number of nitrogens with one attached hydrogen (secondary N) is 1. The molecule has 0 radical (unpaired) electrons. The van der Waals surface area contributed by atoms with Crippen molar-refractivity contribution in [3.05, 3.63) is 62.9 Å². The number of methoxy groups -OCH3 is 2. The van der Waals surface area contributed by atoms with Gasteiger partial charge >= 0.3 is 5.69 Å². The number of nitrogens with zero attached hydrogens (tertiary/aromatic N) is 3. The summed E-state index contributed by atoms with van der Waals surface area (Å²) in [7, 11) is 4.58. The molecule has 0 fully saturated rings. The number of hydrogen-bond acceptors (Lipinski definition) is 6. The summed E-state index contributed by atoms with van der Waals surface area (Å²) in [6.07, 6.45) is 1.89. The topological polar surface area (TPSA) is 104 Å². The minimum Gasteiger partial charge on any atom is -0.493 e. The number of aryl methyl sites for hydroxylation is 1. The molecule has 1 amide bonds. The summed E-state index contributed by atoms with van der Waals surface area (Å²) in [5, 5.41) is 2.49. The molecule has 0 aliphatic rings. The lowest BCUT2D eigenvalue weighted by Crippen LogP contribution is -2.42. The number of carbonyl (C=O) groups excluding carboxylic acids is 1. The zero-order chi connectivity index (χ0) is 21.0. The molecule has 152 valence electrons. The number of hydrogen-bond donors (Lipinski definition) is 1. The highest BCUT2D eigenvalue weighted by Crippen LogP contribution is 2.27. The van der Waals surface area contributed by atoms with E-state index in [1.165, 1.54) is 17.8 Å². The number of aromatic nitrogens is 3. The van der Waals surface area contributed by atoms with Crippen LogP contribution in [-0.2, 0) is 24.3 Å². The first-order chi connectivity index (χ1) is 14.0. The van der Waals surface area contributed by atoms with Crippen molar-refractivity contribution in [1.82, 2.24) is 19.4 Å². The molecule has 0 saturated heterocycles. The summed E-state index contributed by atoms with van der Waals surface area (Å²) in [6.45, 7) is -0.0679. The van der Waals surface area contributed by atoms with E-state index >= 15 is 0 Å². The Hall–Kier alpha value is -3.62. The summed E-state index contributed by atoms with van der Waals surface area (Å²) < 4.78 is 12.9. The van der Waals surface area contributed by atoms with Crippen LogP contribution in [0, 0.1) is 0 Å². The van der Waals surface area contributed by atoms with Gasteiger partial charge in [0.1, 0.15) is 6.54 Å². The average Bonchev–Trinajstić information content (AvgIpc) is 2.76. The van der Waals surface area contributed by atoms with Crippen molar-refractivity contribution in [2.24, 2.45) is 0 Å². The number of rotatable bonds is 7.